The highest BCUT2D eigenvalue weighted by molar-refractivity contribution is 7.17. The number of aromatic nitrogens is 1. The number of nitrogens with one attached hydrogen (secondary N) is 1. The predicted molar refractivity (Wildman–Crippen MR) is 58.5 cm³/mol. The van der Waals surface area contributed by atoms with Gasteiger partial charge in [-0.25, -0.2) is 4.79 Å². The summed E-state index contributed by atoms with van der Waals surface area (Å²) in [7, 11) is 1.26. The molecule has 2 aromatic rings. The van der Waals surface area contributed by atoms with Gasteiger partial charge in [0.15, 0.2) is 0 Å². The standard InChI is InChI=1S/C10H9NO3S/c1-5-7(10(13)14-2)8(12)9-6(11-5)3-4-15-9/h3-4H,1-2H3,(H,11,12). The van der Waals surface area contributed by atoms with Crippen LogP contribution in [0.3, 0.4) is 0 Å². The zero-order valence-electron chi connectivity index (χ0n) is 8.29. The van der Waals surface area contributed by atoms with E-state index in [0.29, 0.717) is 10.4 Å². The molecule has 0 saturated carbocycles. The first kappa shape index (κ1) is 9.92. The number of esters is 1. The van der Waals surface area contributed by atoms with E-state index in [9.17, 15) is 9.59 Å². The lowest BCUT2D eigenvalue weighted by molar-refractivity contribution is 0.0598. The van der Waals surface area contributed by atoms with Crippen LogP contribution < -0.4 is 5.43 Å². The van der Waals surface area contributed by atoms with Crippen molar-refractivity contribution in [2.45, 2.75) is 6.92 Å². The molecule has 0 atom stereocenters. The second-order valence-electron chi connectivity index (χ2n) is 3.11. The maximum atomic E-state index is 11.9. The summed E-state index contributed by atoms with van der Waals surface area (Å²) in [5, 5.41) is 1.81. The van der Waals surface area contributed by atoms with Gasteiger partial charge in [0.2, 0.25) is 5.43 Å². The zero-order chi connectivity index (χ0) is 11.0. The second-order valence-corrected chi connectivity index (χ2v) is 4.03. The van der Waals surface area contributed by atoms with Crippen molar-refractivity contribution in [3.8, 4) is 0 Å². The molecule has 4 nitrogen and oxygen atoms in total. The van der Waals surface area contributed by atoms with Crippen LogP contribution in [0.4, 0.5) is 0 Å². The number of hydrogen-bond donors (Lipinski definition) is 1. The van der Waals surface area contributed by atoms with Gasteiger partial charge in [0.05, 0.1) is 17.3 Å². The van der Waals surface area contributed by atoms with Gasteiger partial charge in [-0.1, -0.05) is 0 Å². The number of hydrogen-bond acceptors (Lipinski definition) is 4. The number of rotatable bonds is 1. The Labute approximate surface area is 89.5 Å². The third kappa shape index (κ3) is 1.45. The SMILES string of the molecule is COC(=O)c1c(C)[nH]c2ccsc2c1=O. The summed E-state index contributed by atoms with van der Waals surface area (Å²) in [5.74, 6) is -0.593. The van der Waals surface area contributed by atoms with Crippen LogP contribution in [0.15, 0.2) is 16.2 Å². The molecule has 1 N–H and O–H groups in total. The maximum Gasteiger partial charge on any atom is 0.343 e. The fourth-order valence-electron chi connectivity index (χ4n) is 1.48. The van der Waals surface area contributed by atoms with E-state index in [1.54, 1.807) is 6.92 Å². The van der Waals surface area contributed by atoms with Gasteiger partial charge in [0.25, 0.3) is 0 Å². The molecule has 0 unspecified atom stereocenters. The Bertz CT molecular complexity index is 582. The fraction of sp³-hybridized carbons (Fsp3) is 0.200. The smallest absolute Gasteiger partial charge is 0.343 e. The predicted octanol–water partition coefficient (Wildman–Crippen LogP) is 1.68. The number of carbonyl (C=O) groups is 1. The number of aryl methyl sites for hydroxylation is 1. The number of fused-ring (bicyclic) bond motifs is 1. The van der Waals surface area contributed by atoms with Crippen molar-refractivity contribution < 1.29 is 9.53 Å². The largest absolute Gasteiger partial charge is 0.465 e. The Kier molecular flexibility index (Phi) is 2.32. The Morgan fingerprint density at radius 2 is 2.27 bits per heavy atom. The van der Waals surface area contributed by atoms with Gasteiger partial charge >= 0.3 is 5.97 Å². The highest BCUT2D eigenvalue weighted by Crippen LogP contribution is 2.17. The van der Waals surface area contributed by atoms with Gasteiger partial charge < -0.3 is 9.72 Å². The lowest BCUT2D eigenvalue weighted by Crippen LogP contribution is -2.18. The number of thiophene rings is 1. The molecule has 0 fully saturated rings. The molecule has 0 amide bonds. The number of carbonyl (C=O) groups excluding carboxylic acids is 1. The molecule has 15 heavy (non-hydrogen) atoms. The van der Waals surface area contributed by atoms with Crippen molar-refractivity contribution in [3.05, 3.63) is 32.9 Å². The van der Waals surface area contributed by atoms with Gasteiger partial charge in [-0.2, -0.15) is 0 Å². The quantitative estimate of drug-likeness (QED) is 0.748. The van der Waals surface area contributed by atoms with Crippen molar-refractivity contribution in [2.75, 3.05) is 7.11 Å². The third-order valence-corrected chi connectivity index (χ3v) is 3.10. The van der Waals surface area contributed by atoms with Gasteiger partial charge in [-0.05, 0) is 18.4 Å². The molecule has 5 heteroatoms. The third-order valence-electron chi connectivity index (χ3n) is 2.19. The number of H-pyrrole nitrogens is 1. The molecule has 0 bridgehead atoms. The molecule has 2 rings (SSSR count). The molecule has 2 heterocycles. The number of aromatic amines is 1. The van der Waals surface area contributed by atoms with Crippen LogP contribution in [0.5, 0.6) is 0 Å². The average Bonchev–Trinajstić information content (AvgIpc) is 2.65. The van der Waals surface area contributed by atoms with E-state index < -0.39 is 5.97 Å². The number of methoxy groups -OCH3 is 1. The Hall–Kier alpha value is -1.62. The highest BCUT2D eigenvalue weighted by Gasteiger charge is 2.17. The molecule has 0 radical (unpaired) electrons. The average molecular weight is 223 g/mol. The van der Waals surface area contributed by atoms with E-state index >= 15 is 0 Å². The molecule has 0 aliphatic rings. The van der Waals surface area contributed by atoms with E-state index in [-0.39, 0.29) is 11.0 Å². The summed E-state index contributed by atoms with van der Waals surface area (Å²) in [6.45, 7) is 1.69. The van der Waals surface area contributed by atoms with Crippen LogP contribution >= 0.6 is 11.3 Å². The van der Waals surface area contributed by atoms with Crippen LogP contribution in [0.25, 0.3) is 10.2 Å². The highest BCUT2D eigenvalue weighted by atomic mass is 32.1. The number of ether oxygens (including phenoxy) is 1. The summed E-state index contributed by atoms with van der Waals surface area (Å²) in [4.78, 5) is 26.3. The lowest BCUT2D eigenvalue weighted by atomic mass is 10.2. The molecule has 0 aliphatic heterocycles. The lowest BCUT2D eigenvalue weighted by Gasteiger charge is -2.03. The molecule has 0 saturated heterocycles. The first-order valence-electron chi connectivity index (χ1n) is 4.33. The van der Waals surface area contributed by atoms with Crippen LogP contribution in [-0.4, -0.2) is 18.1 Å². The first-order valence-corrected chi connectivity index (χ1v) is 5.21. The van der Waals surface area contributed by atoms with Crippen molar-refractivity contribution in [2.24, 2.45) is 0 Å². The summed E-state index contributed by atoms with van der Waals surface area (Å²) < 4.78 is 5.13. The van der Waals surface area contributed by atoms with Gasteiger partial charge in [-0.15, -0.1) is 11.3 Å². The first-order chi connectivity index (χ1) is 7.15. The Balaban J connectivity index is 2.84. The van der Waals surface area contributed by atoms with Crippen molar-refractivity contribution in [1.82, 2.24) is 4.98 Å². The molecule has 0 aromatic carbocycles. The summed E-state index contributed by atoms with van der Waals surface area (Å²) >= 11 is 1.31. The zero-order valence-corrected chi connectivity index (χ0v) is 9.10. The van der Waals surface area contributed by atoms with E-state index in [0.717, 1.165) is 5.52 Å². The normalized spacial score (nSPS) is 10.5. The van der Waals surface area contributed by atoms with Crippen molar-refractivity contribution >= 4 is 27.5 Å². The summed E-state index contributed by atoms with van der Waals surface area (Å²) in [6, 6.07) is 1.81. The molecular formula is C10H9NO3S. The van der Waals surface area contributed by atoms with E-state index in [1.165, 1.54) is 18.4 Å². The van der Waals surface area contributed by atoms with Crippen molar-refractivity contribution in [3.63, 3.8) is 0 Å². The molecular weight excluding hydrogens is 214 g/mol. The number of pyridine rings is 1. The summed E-state index contributed by atoms with van der Waals surface area (Å²) in [6.07, 6.45) is 0. The van der Waals surface area contributed by atoms with E-state index in [2.05, 4.69) is 9.72 Å². The van der Waals surface area contributed by atoms with E-state index in [1.807, 2.05) is 11.4 Å². The minimum atomic E-state index is -0.593. The van der Waals surface area contributed by atoms with E-state index in [4.69, 9.17) is 0 Å². The minimum Gasteiger partial charge on any atom is -0.465 e. The van der Waals surface area contributed by atoms with Gasteiger partial charge in [-0.3, -0.25) is 4.79 Å². The topological polar surface area (TPSA) is 59.2 Å². The molecule has 0 aliphatic carbocycles. The van der Waals surface area contributed by atoms with Crippen LogP contribution in [0.2, 0.25) is 0 Å². The van der Waals surface area contributed by atoms with Crippen LogP contribution in [0.1, 0.15) is 16.1 Å². The van der Waals surface area contributed by atoms with Crippen molar-refractivity contribution in [1.29, 1.82) is 0 Å². The van der Waals surface area contributed by atoms with Gasteiger partial charge in [0, 0.05) is 5.69 Å². The van der Waals surface area contributed by atoms with Gasteiger partial charge in [0.1, 0.15) is 5.56 Å². The van der Waals surface area contributed by atoms with Crippen LogP contribution in [0, 0.1) is 6.92 Å². The minimum absolute atomic E-state index is 0.0902. The molecule has 78 valence electrons. The fourth-order valence-corrected chi connectivity index (χ4v) is 2.28. The second kappa shape index (κ2) is 3.51. The maximum absolute atomic E-state index is 11.9. The monoisotopic (exact) mass is 223 g/mol. The molecule has 2 aromatic heterocycles. The van der Waals surface area contributed by atoms with Crippen LogP contribution in [-0.2, 0) is 4.74 Å². The summed E-state index contributed by atoms with van der Waals surface area (Å²) in [5.41, 5.74) is 1.13. The Morgan fingerprint density at radius 1 is 1.53 bits per heavy atom. The Morgan fingerprint density at radius 3 is 2.93 bits per heavy atom. The molecule has 0 spiro atoms.